The molecule has 0 radical (unpaired) electrons. The van der Waals surface area contributed by atoms with Crippen molar-refractivity contribution in [1.29, 1.82) is 0 Å². The van der Waals surface area contributed by atoms with Gasteiger partial charge in [0, 0.05) is 0 Å². The van der Waals surface area contributed by atoms with Crippen LogP contribution in [0.4, 0.5) is 0 Å². The van der Waals surface area contributed by atoms with Crippen LogP contribution in [0, 0.1) is 0 Å². The van der Waals surface area contributed by atoms with Gasteiger partial charge in [0.15, 0.2) is 0 Å². The fraction of sp³-hybridized carbons (Fsp3) is 0.684. The molecule has 0 bridgehead atoms. The van der Waals surface area contributed by atoms with Gasteiger partial charge in [-0.05, 0) is 17.6 Å². The Morgan fingerprint density at radius 2 is 1.25 bits per heavy atom. The highest BCUT2D eigenvalue weighted by Gasteiger charge is 2.04. The molecule has 2 atom stereocenters. The van der Waals surface area contributed by atoms with E-state index < -0.39 is 0 Å². The topological polar surface area (TPSA) is 0 Å². The summed E-state index contributed by atoms with van der Waals surface area (Å²) >= 11 is 0. The molecule has 0 heterocycles. The Bertz CT molecular complexity index is 307. The lowest BCUT2D eigenvalue weighted by molar-refractivity contribution is 0.548. The Balaban J connectivity index is 1.90. The lowest BCUT2D eigenvalue weighted by Gasteiger charge is -2.11. The first-order chi connectivity index (χ1) is 9.84. The van der Waals surface area contributed by atoms with Crippen molar-refractivity contribution < 1.29 is 0 Å². The summed E-state index contributed by atoms with van der Waals surface area (Å²) in [7, 11) is 3.00. The lowest BCUT2D eigenvalue weighted by atomic mass is 10.0. The normalized spacial score (nSPS) is 12.5. The predicted molar refractivity (Wildman–Crippen MR) is 95.4 cm³/mol. The van der Waals surface area contributed by atoms with E-state index in [0.717, 1.165) is 0 Å². The molecular formula is C19H33P. The van der Waals surface area contributed by atoms with Crippen molar-refractivity contribution in [3.8, 4) is 0 Å². The van der Waals surface area contributed by atoms with Crippen LogP contribution in [0.25, 0.3) is 0 Å². The van der Waals surface area contributed by atoms with Crippen LogP contribution in [0.5, 0.6) is 0 Å². The van der Waals surface area contributed by atoms with Gasteiger partial charge in [-0.15, -0.1) is 9.24 Å². The Kier molecular flexibility index (Phi) is 11.0. The average molecular weight is 292 g/mol. The minimum Gasteiger partial charge on any atom is -0.130 e. The molecule has 0 spiro atoms. The van der Waals surface area contributed by atoms with Crippen LogP contribution in [-0.4, -0.2) is 0 Å². The Labute approximate surface area is 129 Å². The second kappa shape index (κ2) is 12.4. The molecule has 0 aromatic heterocycles. The maximum absolute atomic E-state index is 3.00. The van der Waals surface area contributed by atoms with E-state index in [1.54, 1.807) is 0 Å². The lowest BCUT2D eigenvalue weighted by Crippen LogP contribution is -1.90. The standard InChI is InChI=1S/C19H33P/c1-2-3-4-5-6-7-8-9-10-14-17-19(20)18-15-12-11-13-16-18/h11-13,15-16,19H,2-10,14,17,20H2,1H3. The van der Waals surface area contributed by atoms with E-state index in [1.165, 1.54) is 76.2 Å². The molecule has 2 unspecified atom stereocenters. The molecule has 0 aliphatic rings. The molecule has 0 nitrogen and oxygen atoms in total. The number of hydrogen-bond acceptors (Lipinski definition) is 0. The van der Waals surface area contributed by atoms with Gasteiger partial charge in [-0.3, -0.25) is 0 Å². The van der Waals surface area contributed by atoms with Crippen LogP contribution in [-0.2, 0) is 0 Å². The highest BCUT2D eigenvalue weighted by Crippen LogP contribution is 2.28. The van der Waals surface area contributed by atoms with E-state index in [0.29, 0.717) is 5.66 Å². The SMILES string of the molecule is CCCCCCCCCCCCC(P)c1ccccc1. The van der Waals surface area contributed by atoms with Crippen LogP contribution in [0.2, 0.25) is 0 Å². The van der Waals surface area contributed by atoms with Crippen LogP contribution in [0.3, 0.4) is 0 Å². The van der Waals surface area contributed by atoms with E-state index in [4.69, 9.17) is 0 Å². The van der Waals surface area contributed by atoms with E-state index in [2.05, 4.69) is 46.5 Å². The molecule has 114 valence electrons. The van der Waals surface area contributed by atoms with Crippen molar-refractivity contribution in [1.82, 2.24) is 0 Å². The Hall–Kier alpha value is -0.350. The van der Waals surface area contributed by atoms with E-state index in [-0.39, 0.29) is 0 Å². The summed E-state index contributed by atoms with van der Waals surface area (Å²) in [5.41, 5.74) is 2.11. The zero-order valence-corrected chi connectivity index (χ0v) is 14.5. The number of benzene rings is 1. The largest absolute Gasteiger partial charge is 0.130 e. The highest BCUT2D eigenvalue weighted by molar-refractivity contribution is 7.17. The smallest absolute Gasteiger partial charge is 0.00146 e. The second-order valence-corrected chi connectivity index (χ2v) is 6.79. The first-order valence-electron chi connectivity index (χ1n) is 8.65. The molecule has 1 aromatic carbocycles. The summed E-state index contributed by atoms with van der Waals surface area (Å²) in [5, 5.41) is 0. The minimum atomic E-state index is 0.644. The molecule has 1 aromatic rings. The third-order valence-electron chi connectivity index (χ3n) is 4.10. The van der Waals surface area contributed by atoms with E-state index >= 15 is 0 Å². The number of unbranched alkanes of at least 4 members (excludes halogenated alkanes) is 9. The summed E-state index contributed by atoms with van der Waals surface area (Å²) in [6.45, 7) is 2.29. The van der Waals surface area contributed by atoms with Crippen molar-refractivity contribution in [3.05, 3.63) is 35.9 Å². The first kappa shape index (κ1) is 17.7. The third-order valence-corrected chi connectivity index (χ3v) is 4.81. The van der Waals surface area contributed by atoms with Gasteiger partial charge in [-0.2, -0.15) is 0 Å². The van der Waals surface area contributed by atoms with Crippen molar-refractivity contribution in [2.45, 2.75) is 83.2 Å². The summed E-state index contributed by atoms with van der Waals surface area (Å²) in [6, 6.07) is 10.9. The minimum absolute atomic E-state index is 0.644. The monoisotopic (exact) mass is 292 g/mol. The van der Waals surface area contributed by atoms with Gasteiger partial charge in [-0.1, -0.05) is 101 Å². The van der Waals surface area contributed by atoms with E-state index in [9.17, 15) is 0 Å². The molecule has 0 fully saturated rings. The maximum Gasteiger partial charge on any atom is -0.00146 e. The molecule has 0 N–H and O–H groups in total. The second-order valence-electron chi connectivity index (χ2n) is 5.99. The Morgan fingerprint density at radius 3 is 1.80 bits per heavy atom. The summed E-state index contributed by atoms with van der Waals surface area (Å²) in [5.74, 6) is 0. The fourth-order valence-corrected chi connectivity index (χ4v) is 3.18. The van der Waals surface area contributed by atoms with Gasteiger partial charge in [0.05, 0.1) is 0 Å². The van der Waals surface area contributed by atoms with Gasteiger partial charge in [-0.25, -0.2) is 0 Å². The van der Waals surface area contributed by atoms with Crippen molar-refractivity contribution in [2.24, 2.45) is 0 Å². The summed E-state index contributed by atoms with van der Waals surface area (Å²) < 4.78 is 0. The third kappa shape index (κ3) is 8.75. The van der Waals surface area contributed by atoms with Gasteiger partial charge in [0.25, 0.3) is 0 Å². The fourth-order valence-electron chi connectivity index (χ4n) is 2.72. The molecule has 20 heavy (non-hydrogen) atoms. The molecule has 1 heteroatoms. The van der Waals surface area contributed by atoms with Gasteiger partial charge in [0.2, 0.25) is 0 Å². The summed E-state index contributed by atoms with van der Waals surface area (Å²) in [4.78, 5) is 0. The molecule has 0 aliphatic heterocycles. The summed E-state index contributed by atoms with van der Waals surface area (Å²) in [6.07, 6.45) is 15.6. The van der Waals surface area contributed by atoms with E-state index in [1.807, 2.05) is 0 Å². The zero-order valence-electron chi connectivity index (χ0n) is 13.3. The molecule has 0 amide bonds. The average Bonchev–Trinajstić information content (AvgIpc) is 2.50. The molecule has 0 saturated carbocycles. The molecular weight excluding hydrogens is 259 g/mol. The van der Waals surface area contributed by atoms with Crippen molar-refractivity contribution >= 4 is 9.24 Å². The predicted octanol–water partition coefficient (Wildman–Crippen LogP) is 6.91. The van der Waals surface area contributed by atoms with Gasteiger partial charge in [0.1, 0.15) is 0 Å². The molecule has 1 rings (SSSR count). The molecule has 0 saturated heterocycles. The first-order valence-corrected chi connectivity index (χ1v) is 9.31. The van der Waals surface area contributed by atoms with Crippen molar-refractivity contribution in [2.75, 3.05) is 0 Å². The van der Waals surface area contributed by atoms with Crippen LogP contribution in [0.15, 0.2) is 30.3 Å². The van der Waals surface area contributed by atoms with Crippen molar-refractivity contribution in [3.63, 3.8) is 0 Å². The molecule has 0 aliphatic carbocycles. The number of rotatable bonds is 12. The zero-order chi connectivity index (χ0) is 14.5. The van der Waals surface area contributed by atoms with Crippen LogP contribution in [0.1, 0.15) is 88.8 Å². The van der Waals surface area contributed by atoms with Gasteiger partial charge >= 0.3 is 0 Å². The number of hydrogen-bond donors (Lipinski definition) is 0. The Morgan fingerprint density at radius 1 is 0.750 bits per heavy atom. The highest BCUT2D eigenvalue weighted by atomic mass is 31.0. The maximum atomic E-state index is 3.00. The van der Waals surface area contributed by atoms with Gasteiger partial charge < -0.3 is 0 Å². The quantitative estimate of drug-likeness (QED) is 0.290. The van der Waals surface area contributed by atoms with Crippen LogP contribution >= 0.6 is 9.24 Å². The van der Waals surface area contributed by atoms with Crippen LogP contribution < -0.4 is 0 Å².